The van der Waals surface area contributed by atoms with Crippen molar-refractivity contribution in [2.24, 2.45) is 0 Å². The number of rotatable bonds is 3. The highest BCUT2D eigenvalue weighted by atomic mass is 35.5. The van der Waals surface area contributed by atoms with Gasteiger partial charge < -0.3 is 0 Å². The second kappa shape index (κ2) is 4.88. The van der Waals surface area contributed by atoms with Crippen LogP contribution in [-0.2, 0) is 0 Å². The van der Waals surface area contributed by atoms with Crippen LogP contribution in [0.5, 0.6) is 0 Å². The maximum atomic E-state index is 5.67. The molecular formula is C12H13Cl. The molecule has 1 rings (SSSR count). The van der Waals surface area contributed by atoms with Gasteiger partial charge in [-0.2, -0.15) is 0 Å². The van der Waals surface area contributed by atoms with Crippen molar-refractivity contribution >= 4 is 17.7 Å². The lowest BCUT2D eigenvalue weighted by molar-refractivity contribution is 1.39. The lowest BCUT2D eigenvalue weighted by Crippen LogP contribution is -1.84. The Morgan fingerprint density at radius 3 is 2.54 bits per heavy atom. The summed E-state index contributed by atoms with van der Waals surface area (Å²) in [5.74, 6) is 0.495. The maximum absolute atomic E-state index is 5.67. The Morgan fingerprint density at radius 2 is 2.00 bits per heavy atom. The Bertz CT molecular complexity index is 309. The van der Waals surface area contributed by atoms with Gasteiger partial charge in [-0.15, -0.1) is 11.6 Å². The summed E-state index contributed by atoms with van der Waals surface area (Å²) in [6, 6.07) is 10.2. The Hall–Kier alpha value is -1.01. The molecule has 1 aromatic rings. The summed E-state index contributed by atoms with van der Waals surface area (Å²) in [5.41, 5.74) is 3.30. The molecule has 0 atom stereocenters. The van der Waals surface area contributed by atoms with Crippen molar-refractivity contribution in [1.29, 1.82) is 0 Å². The molecule has 0 aliphatic heterocycles. The van der Waals surface area contributed by atoms with Crippen LogP contribution in [0, 0.1) is 0 Å². The normalized spacial score (nSPS) is 11.4. The SMILES string of the molecule is C=C(CCl)/C(C)=C/c1ccccc1. The van der Waals surface area contributed by atoms with Crippen LogP contribution in [0.25, 0.3) is 6.08 Å². The topological polar surface area (TPSA) is 0 Å². The fourth-order valence-electron chi connectivity index (χ4n) is 1.01. The van der Waals surface area contributed by atoms with E-state index in [1.165, 1.54) is 5.56 Å². The molecule has 0 heterocycles. The van der Waals surface area contributed by atoms with Crippen LogP contribution < -0.4 is 0 Å². The summed E-state index contributed by atoms with van der Waals surface area (Å²) < 4.78 is 0. The minimum absolute atomic E-state index is 0.495. The molecule has 13 heavy (non-hydrogen) atoms. The van der Waals surface area contributed by atoms with Gasteiger partial charge >= 0.3 is 0 Å². The van der Waals surface area contributed by atoms with Gasteiger partial charge in [0.05, 0.1) is 0 Å². The quantitative estimate of drug-likeness (QED) is 0.504. The maximum Gasteiger partial charge on any atom is 0.0470 e. The van der Waals surface area contributed by atoms with Gasteiger partial charge in [-0.3, -0.25) is 0 Å². The van der Waals surface area contributed by atoms with E-state index in [0.29, 0.717) is 5.88 Å². The zero-order chi connectivity index (χ0) is 9.68. The Labute approximate surface area is 84.5 Å². The van der Waals surface area contributed by atoms with Crippen molar-refractivity contribution in [1.82, 2.24) is 0 Å². The van der Waals surface area contributed by atoms with Crippen molar-refractivity contribution in [3.8, 4) is 0 Å². The molecule has 0 fully saturated rings. The lowest BCUT2D eigenvalue weighted by atomic mass is 10.1. The van der Waals surface area contributed by atoms with E-state index in [9.17, 15) is 0 Å². The van der Waals surface area contributed by atoms with E-state index in [0.717, 1.165) is 11.1 Å². The van der Waals surface area contributed by atoms with E-state index in [-0.39, 0.29) is 0 Å². The molecule has 0 amide bonds. The van der Waals surface area contributed by atoms with Gasteiger partial charge in [-0.05, 0) is 23.6 Å². The third-order valence-electron chi connectivity index (χ3n) is 1.90. The fourth-order valence-corrected chi connectivity index (χ4v) is 1.22. The second-order valence-corrected chi connectivity index (χ2v) is 3.24. The third-order valence-corrected chi connectivity index (χ3v) is 2.22. The highest BCUT2D eigenvalue weighted by molar-refractivity contribution is 6.19. The zero-order valence-corrected chi connectivity index (χ0v) is 8.51. The first kappa shape index (κ1) is 10.1. The molecule has 0 aliphatic rings. The van der Waals surface area contributed by atoms with Crippen LogP contribution >= 0.6 is 11.6 Å². The van der Waals surface area contributed by atoms with Crippen molar-refractivity contribution in [2.75, 3.05) is 5.88 Å². The molecule has 1 aromatic carbocycles. The predicted molar refractivity (Wildman–Crippen MR) is 60.0 cm³/mol. The molecular weight excluding hydrogens is 180 g/mol. The number of benzene rings is 1. The average molecular weight is 193 g/mol. The molecule has 0 spiro atoms. The Balaban J connectivity index is 2.83. The van der Waals surface area contributed by atoms with Crippen molar-refractivity contribution < 1.29 is 0 Å². The molecule has 68 valence electrons. The Kier molecular flexibility index (Phi) is 3.78. The Morgan fingerprint density at radius 1 is 1.38 bits per heavy atom. The molecule has 0 aromatic heterocycles. The van der Waals surface area contributed by atoms with Gasteiger partial charge in [0, 0.05) is 5.88 Å². The molecule has 1 heteroatoms. The van der Waals surface area contributed by atoms with E-state index in [1.54, 1.807) is 0 Å². The summed E-state index contributed by atoms with van der Waals surface area (Å²) in [6.07, 6.45) is 2.09. The largest absolute Gasteiger partial charge is 0.122 e. The highest BCUT2D eigenvalue weighted by Crippen LogP contribution is 2.13. The number of halogens is 1. The number of allylic oxidation sites excluding steroid dienone is 2. The number of hydrogen-bond donors (Lipinski definition) is 0. The fraction of sp³-hybridized carbons (Fsp3) is 0.167. The van der Waals surface area contributed by atoms with Gasteiger partial charge in [-0.25, -0.2) is 0 Å². The first-order chi connectivity index (χ1) is 6.24. The molecule has 0 N–H and O–H groups in total. The summed E-state index contributed by atoms with van der Waals surface area (Å²) >= 11 is 5.67. The van der Waals surface area contributed by atoms with Gasteiger partial charge in [-0.1, -0.05) is 43.0 Å². The minimum atomic E-state index is 0.495. The van der Waals surface area contributed by atoms with E-state index >= 15 is 0 Å². The van der Waals surface area contributed by atoms with Crippen molar-refractivity contribution in [3.05, 3.63) is 53.6 Å². The molecule has 0 bridgehead atoms. The molecule has 0 nitrogen and oxygen atoms in total. The molecule has 0 saturated heterocycles. The predicted octanol–water partition coefficient (Wildman–Crippen LogP) is 3.88. The van der Waals surface area contributed by atoms with Gasteiger partial charge in [0.25, 0.3) is 0 Å². The van der Waals surface area contributed by atoms with E-state index in [4.69, 9.17) is 11.6 Å². The van der Waals surface area contributed by atoms with Crippen LogP contribution in [0.2, 0.25) is 0 Å². The number of hydrogen-bond acceptors (Lipinski definition) is 0. The van der Waals surface area contributed by atoms with Crippen LogP contribution in [0.4, 0.5) is 0 Å². The van der Waals surface area contributed by atoms with Crippen molar-refractivity contribution in [3.63, 3.8) is 0 Å². The van der Waals surface area contributed by atoms with Crippen LogP contribution in [-0.4, -0.2) is 5.88 Å². The number of alkyl halides is 1. The summed E-state index contributed by atoms with van der Waals surface area (Å²) in [6.45, 7) is 5.89. The molecule has 0 radical (unpaired) electrons. The van der Waals surface area contributed by atoms with E-state index < -0.39 is 0 Å². The van der Waals surface area contributed by atoms with Crippen LogP contribution in [0.3, 0.4) is 0 Å². The molecule has 0 aliphatic carbocycles. The lowest BCUT2D eigenvalue weighted by Gasteiger charge is -2.01. The van der Waals surface area contributed by atoms with Crippen molar-refractivity contribution in [2.45, 2.75) is 6.92 Å². The van der Waals surface area contributed by atoms with Crippen LogP contribution in [0.15, 0.2) is 48.1 Å². The average Bonchev–Trinajstić information content (AvgIpc) is 2.18. The summed E-state index contributed by atoms with van der Waals surface area (Å²) in [7, 11) is 0. The van der Waals surface area contributed by atoms with Gasteiger partial charge in [0.2, 0.25) is 0 Å². The van der Waals surface area contributed by atoms with Crippen LogP contribution in [0.1, 0.15) is 12.5 Å². The summed E-state index contributed by atoms with van der Waals surface area (Å²) in [4.78, 5) is 0. The standard InChI is InChI=1S/C12H13Cl/c1-10(11(2)9-13)8-12-6-4-3-5-7-12/h3-8H,2,9H2,1H3/b10-8+. The zero-order valence-electron chi connectivity index (χ0n) is 7.76. The third kappa shape index (κ3) is 3.08. The summed E-state index contributed by atoms with van der Waals surface area (Å²) in [5, 5.41) is 0. The minimum Gasteiger partial charge on any atom is -0.122 e. The monoisotopic (exact) mass is 192 g/mol. The van der Waals surface area contributed by atoms with E-state index in [2.05, 4.69) is 24.8 Å². The first-order valence-corrected chi connectivity index (χ1v) is 4.75. The smallest absolute Gasteiger partial charge is 0.0470 e. The van der Waals surface area contributed by atoms with Gasteiger partial charge in [0.15, 0.2) is 0 Å². The second-order valence-electron chi connectivity index (χ2n) is 2.98. The molecule has 0 unspecified atom stereocenters. The van der Waals surface area contributed by atoms with Gasteiger partial charge in [0.1, 0.15) is 0 Å². The first-order valence-electron chi connectivity index (χ1n) is 4.21. The van der Waals surface area contributed by atoms with E-state index in [1.807, 2.05) is 25.1 Å². The highest BCUT2D eigenvalue weighted by Gasteiger charge is 1.94. The molecule has 0 saturated carbocycles.